The molecule has 3 aromatic rings. The van der Waals surface area contributed by atoms with Crippen molar-refractivity contribution < 1.29 is 9.53 Å². The minimum Gasteiger partial charge on any atom is -0.445 e. The van der Waals surface area contributed by atoms with Crippen LogP contribution in [0.3, 0.4) is 0 Å². The second-order valence-corrected chi connectivity index (χ2v) is 7.64. The number of aromatic nitrogens is 2. The third-order valence-corrected chi connectivity index (χ3v) is 5.45. The lowest BCUT2D eigenvalue weighted by Gasteiger charge is -2.22. The summed E-state index contributed by atoms with van der Waals surface area (Å²) in [5.74, 6) is 0.271. The molecule has 0 saturated carbocycles. The van der Waals surface area contributed by atoms with Gasteiger partial charge in [-0.3, -0.25) is 4.90 Å². The van der Waals surface area contributed by atoms with Crippen LogP contribution in [0, 0.1) is 0 Å². The van der Waals surface area contributed by atoms with E-state index < -0.39 is 0 Å². The molecule has 0 unspecified atom stereocenters. The molecule has 7 heteroatoms. The van der Waals surface area contributed by atoms with Gasteiger partial charge >= 0.3 is 6.09 Å². The predicted molar refractivity (Wildman–Crippen MR) is 120 cm³/mol. The molecular formula is C24H27N5O2. The first-order valence-corrected chi connectivity index (χ1v) is 10.5. The molecule has 1 fully saturated rings. The van der Waals surface area contributed by atoms with Crippen LogP contribution >= 0.6 is 0 Å². The van der Waals surface area contributed by atoms with Gasteiger partial charge in [0.15, 0.2) is 0 Å². The van der Waals surface area contributed by atoms with Crippen LogP contribution < -0.4 is 5.73 Å². The highest BCUT2D eigenvalue weighted by molar-refractivity contribution is 5.68. The molecule has 2 N–H and O–H groups in total. The van der Waals surface area contributed by atoms with Gasteiger partial charge in [-0.25, -0.2) is 14.8 Å². The van der Waals surface area contributed by atoms with E-state index in [1.807, 2.05) is 47.4 Å². The van der Waals surface area contributed by atoms with Crippen molar-refractivity contribution in [1.29, 1.82) is 0 Å². The monoisotopic (exact) mass is 417 g/mol. The van der Waals surface area contributed by atoms with Gasteiger partial charge in [-0.1, -0.05) is 54.6 Å². The maximum absolute atomic E-state index is 12.5. The Hall–Kier alpha value is -3.45. The Balaban J connectivity index is 1.35. The normalized spacial score (nSPS) is 14.8. The zero-order valence-corrected chi connectivity index (χ0v) is 17.5. The molecule has 4 rings (SSSR count). The number of carbonyl (C=O) groups excluding carboxylic acids is 1. The van der Waals surface area contributed by atoms with Crippen LogP contribution in [0.25, 0.3) is 11.1 Å². The fraction of sp³-hybridized carbons (Fsp3) is 0.292. The number of anilines is 1. The predicted octanol–water partition coefficient (Wildman–Crippen LogP) is 3.57. The van der Waals surface area contributed by atoms with E-state index in [0.29, 0.717) is 19.7 Å². The quantitative estimate of drug-likeness (QED) is 0.683. The average Bonchev–Trinajstić information content (AvgIpc) is 3.05. The van der Waals surface area contributed by atoms with E-state index in [1.54, 1.807) is 12.4 Å². The third kappa shape index (κ3) is 5.58. The molecule has 0 atom stereocenters. The van der Waals surface area contributed by atoms with E-state index in [0.717, 1.165) is 42.7 Å². The lowest BCUT2D eigenvalue weighted by Crippen LogP contribution is -2.35. The molecule has 7 nitrogen and oxygen atoms in total. The molecule has 0 radical (unpaired) electrons. The van der Waals surface area contributed by atoms with Gasteiger partial charge in [0, 0.05) is 50.7 Å². The van der Waals surface area contributed by atoms with E-state index in [1.165, 1.54) is 5.56 Å². The Bertz CT molecular complexity index is 994. The third-order valence-electron chi connectivity index (χ3n) is 5.45. The van der Waals surface area contributed by atoms with Gasteiger partial charge in [-0.2, -0.15) is 0 Å². The number of ether oxygens (including phenoxy) is 1. The smallest absolute Gasteiger partial charge is 0.410 e. The van der Waals surface area contributed by atoms with Gasteiger partial charge in [-0.15, -0.1) is 0 Å². The number of hydrogen-bond donors (Lipinski definition) is 1. The van der Waals surface area contributed by atoms with E-state index in [4.69, 9.17) is 10.5 Å². The Morgan fingerprint density at radius 2 is 1.68 bits per heavy atom. The number of nitrogens with two attached hydrogens (primary N) is 1. The van der Waals surface area contributed by atoms with Crippen LogP contribution in [0.5, 0.6) is 0 Å². The first-order chi connectivity index (χ1) is 15.2. The summed E-state index contributed by atoms with van der Waals surface area (Å²) in [5, 5.41) is 0. The zero-order chi connectivity index (χ0) is 21.5. The molecule has 1 aliphatic heterocycles. The van der Waals surface area contributed by atoms with Gasteiger partial charge in [0.1, 0.15) is 6.61 Å². The lowest BCUT2D eigenvalue weighted by molar-refractivity contribution is 0.0972. The van der Waals surface area contributed by atoms with Crippen LogP contribution in [-0.2, 0) is 17.9 Å². The molecule has 0 aliphatic carbocycles. The Morgan fingerprint density at radius 3 is 2.48 bits per heavy atom. The maximum atomic E-state index is 12.5. The summed E-state index contributed by atoms with van der Waals surface area (Å²) >= 11 is 0. The molecule has 160 valence electrons. The van der Waals surface area contributed by atoms with Gasteiger partial charge in [0.05, 0.1) is 0 Å². The second kappa shape index (κ2) is 10.0. The van der Waals surface area contributed by atoms with Crippen molar-refractivity contribution in [3.05, 3.63) is 78.1 Å². The van der Waals surface area contributed by atoms with E-state index in [-0.39, 0.29) is 12.0 Å². The highest BCUT2D eigenvalue weighted by Gasteiger charge is 2.21. The van der Waals surface area contributed by atoms with Gasteiger partial charge in [0.2, 0.25) is 5.95 Å². The number of rotatable bonds is 5. The molecule has 2 aromatic carbocycles. The summed E-state index contributed by atoms with van der Waals surface area (Å²) < 4.78 is 5.51. The van der Waals surface area contributed by atoms with Gasteiger partial charge in [-0.05, 0) is 23.1 Å². The Kier molecular flexibility index (Phi) is 6.74. The molecule has 1 aromatic heterocycles. The Labute approximate surface area is 182 Å². The topological polar surface area (TPSA) is 84.6 Å². The molecule has 31 heavy (non-hydrogen) atoms. The first kappa shape index (κ1) is 20.8. The molecule has 1 saturated heterocycles. The van der Waals surface area contributed by atoms with E-state index in [9.17, 15) is 4.79 Å². The fourth-order valence-electron chi connectivity index (χ4n) is 3.78. The number of nitrogens with zero attached hydrogens (tertiary/aromatic N) is 4. The van der Waals surface area contributed by atoms with Crippen molar-refractivity contribution in [1.82, 2.24) is 19.8 Å². The number of benzene rings is 2. The van der Waals surface area contributed by atoms with Crippen LogP contribution in [0.4, 0.5) is 10.7 Å². The highest BCUT2D eigenvalue weighted by Crippen LogP contribution is 2.24. The standard InChI is InChI=1S/C24H27N5O2/c25-23-26-15-21(16-27-23)22-10-5-4-9-20(22)17-28-11-6-12-29(14-13-28)24(30)31-18-19-7-2-1-3-8-19/h1-5,7-10,15-16H,6,11-14,17-18H2,(H2,25,26,27). The summed E-state index contributed by atoms with van der Waals surface area (Å²) in [4.78, 5) is 24.9. The van der Waals surface area contributed by atoms with Crippen molar-refractivity contribution in [2.75, 3.05) is 31.9 Å². The summed E-state index contributed by atoms with van der Waals surface area (Å²) in [6, 6.07) is 18.0. The zero-order valence-electron chi connectivity index (χ0n) is 17.5. The molecule has 0 bridgehead atoms. The average molecular weight is 418 g/mol. The fourth-order valence-corrected chi connectivity index (χ4v) is 3.78. The van der Waals surface area contributed by atoms with E-state index in [2.05, 4.69) is 27.0 Å². The van der Waals surface area contributed by atoms with E-state index >= 15 is 0 Å². The molecular weight excluding hydrogens is 390 g/mol. The van der Waals surface area contributed by atoms with Crippen molar-refractivity contribution in [3.63, 3.8) is 0 Å². The highest BCUT2D eigenvalue weighted by atomic mass is 16.6. The van der Waals surface area contributed by atoms with Crippen LogP contribution in [0.2, 0.25) is 0 Å². The number of hydrogen-bond acceptors (Lipinski definition) is 6. The molecule has 2 heterocycles. The van der Waals surface area contributed by atoms with Crippen molar-refractivity contribution in [2.24, 2.45) is 0 Å². The van der Waals surface area contributed by atoms with Crippen molar-refractivity contribution >= 4 is 12.0 Å². The Morgan fingerprint density at radius 1 is 0.935 bits per heavy atom. The summed E-state index contributed by atoms with van der Waals surface area (Å²) in [5.41, 5.74) is 9.88. The number of carbonyl (C=O) groups is 1. The van der Waals surface area contributed by atoms with Crippen LogP contribution in [0.15, 0.2) is 67.0 Å². The summed E-state index contributed by atoms with van der Waals surface area (Å²) in [7, 11) is 0. The van der Waals surface area contributed by atoms with Crippen molar-refractivity contribution in [2.45, 2.75) is 19.6 Å². The second-order valence-electron chi connectivity index (χ2n) is 7.64. The number of amides is 1. The molecule has 1 amide bonds. The largest absolute Gasteiger partial charge is 0.445 e. The van der Waals surface area contributed by atoms with Crippen molar-refractivity contribution in [3.8, 4) is 11.1 Å². The maximum Gasteiger partial charge on any atom is 0.410 e. The molecule has 0 spiro atoms. The minimum absolute atomic E-state index is 0.245. The summed E-state index contributed by atoms with van der Waals surface area (Å²) in [6.07, 6.45) is 4.18. The lowest BCUT2D eigenvalue weighted by atomic mass is 10.0. The van der Waals surface area contributed by atoms with Crippen LogP contribution in [0.1, 0.15) is 17.5 Å². The number of nitrogen functional groups attached to an aromatic ring is 1. The van der Waals surface area contributed by atoms with Gasteiger partial charge in [0.25, 0.3) is 0 Å². The van der Waals surface area contributed by atoms with Gasteiger partial charge < -0.3 is 15.4 Å². The summed E-state index contributed by atoms with van der Waals surface area (Å²) in [6.45, 7) is 4.19. The molecule has 1 aliphatic rings. The SMILES string of the molecule is Nc1ncc(-c2ccccc2CN2CCCN(C(=O)OCc3ccccc3)CC2)cn1. The van der Waals surface area contributed by atoms with Crippen LogP contribution in [-0.4, -0.2) is 52.0 Å². The first-order valence-electron chi connectivity index (χ1n) is 10.5. The minimum atomic E-state index is -0.245.